The maximum atomic E-state index is 14.1. The molecule has 0 radical (unpaired) electrons. The second kappa shape index (κ2) is 4.30. The van der Waals surface area contributed by atoms with Crippen molar-refractivity contribution in [2.75, 3.05) is 13.2 Å². The lowest BCUT2D eigenvalue weighted by Crippen LogP contribution is -2.43. The zero-order valence-corrected chi connectivity index (χ0v) is 10.8. The normalized spacial score (nSPS) is 18.3. The van der Waals surface area contributed by atoms with Gasteiger partial charge in [0.25, 0.3) is 0 Å². The van der Waals surface area contributed by atoms with E-state index in [-0.39, 0.29) is 19.3 Å². The second-order valence-electron chi connectivity index (χ2n) is 4.14. The van der Waals surface area contributed by atoms with Crippen LogP contribution in [0, 0.1) is 0 Å². The predicted octanol–water partition coefficient (Wildman–Crippen LogP) is 2.83. The third kappa shape index (κ3) is 2.35. The molecule has 0 saturated carbocycles. The molecule has 2 rings (SSSR count). The van der Waals surface area contributed by atoms with E-state index in [1.54, 1.807) is 12.1 Å². The van der Waals surface area contributed by atoms with E-state index in [1.165, 1.54) is 0 Å². The highest BCUT2D eigenvalue weighted by molar-refractivity contribution is 9.10. The molecule has 1 aliphatic rings. The third-order valence-corrected chi connectivity index (χ3v) is 2.67. The first kappa shape index (κ1) is 11.8. The minimum atomic E-state index is -1.46. The minimum absolute atomic E-state index is 0.0513. The molecule has 0 N–H and O–H groups in total. The van der Waals surface area contributed by atoms with E-state index in [0.29, 0.717) is 16.0 Å². The fraction of sp³-hybridized carbons (Fsp3) is 0.545. The van der Waals surface area contributed by atoms with Crippen LogP contribution in [-0.4, -0.2) is 24.3 Å². The van der Waals surface area contributed by atoms with Crippen LogP contribution in [0.25, 0.3) is 0 Å². The van der Waals surface area contributed by atoms with Gasteiger partial charge >= 0.3 is 0 Å². The molecule has 5 heteroatoms. The molecule has 0 bridgehead atoms. The zero-order chi connectivity index (χ0) is 11.8. The number of alkyl halides is 1. The van der Waals surface area contributed by atoms with Gasteiger partial charge in [0.1, 0.15) is 10.4 Å². The molecule has 88 valence electrons. The second-order valence-corrected chi connectivity index (χ2v) is 4.95. The summed E-state index contributed by atoms with van der Waals surface area (Å²) < 4.78 is 25.0. The Labute approximate surface area is 102 Å². The number of nitrogens with zero attached hydrogens (tertiary/aromatic N) is 1. The first-order valence-corrected chi connectivity index (χ1v) is 5.90. The molecule has 0 spiro atoms. The van der Waals surface area contributed by atoms with Crippen LogP contribution in [-0.2, 0) is 10.4 Å². The number of pyridine rings is 1. The molecule has 1 fully saturated rings. The van der Waals surface area contributed by atoms with Gasteiger partial charge in [0.15, 0.2) is 5.67 Å². The number of ether oxygens (including phenoxy) is 2. The Balaban J connectivity index is 2.28. The van der Waals surface area contributed by atoms with Crippen molar-refractivity contribution in [3.8, 4) is 5.75 Å². The summed E-state index contributed by atoms with van der Waals surface area (Å²) in [5.74, 6) is 0.621. The van der Waals surface area contributed by atoms with Crippen molar-refractivity contribution in [1.82, 2.24) is 4.98 Å². The van der Waals surface area contributed by atoms with Gasteiger partial charge in [-0.05, 0) is 29.8 Å². The summed E-state index contributed by atoms with van der Waals surface area (Å²) >= 11 is 3.25. The van der Waals surface area contributed by atoms with Gasteiger partial charge in [-0.1, -0.05) is 0 Å². The summed E-state index contributed by atoms with van der Waals surface area (Å²) in [5.41, 5.74) is -1.09. The third-order valence-electron chi connectivity index (χ3n) is 2.26. The number of hydrogen-bond donors (Lipinski definition) is 0. The Morgan fingerprint density at radius 3 is 2.69 bits per heavy atom. The molecule has 0 atom stereocenters. The highest BCUT2D eigenvalue weighted by Gasteiger charge is 2.42. The lowest BCUT2D eigenvalue weighted by atomic mass is 9.99. The van der Waals surface area contributed by atoms with Gasteiger partial charge in [-0.2, -0.15) is 0 Å². The van der Waals surface area contributed by atoms with Gasteiger partial charge in [0.2, 0.25) is 0 Å². The summed E-state index contributed by atoms with van der Waals surface area (Å²) in [5, 5.41) is 0. The quantitative estimate of drug-likeness (QED) is 0.802. The molecule has 0 aliphatic carbocycles. The van der Waals surface area contributed by atoms with Crippen LogP contribution in [0.1, 0.15) is 19.5 Å². The smallest absolute Gasteiger partial charge is 0.198 e. The van der Waals surface area contributed by atoms with Crippen LogP contribution in [0.15, 0.2) is 16.7 Å². The van der Waals surface area contributed by atoms with E-state index in [9.17, 15) is 4.39 Å². The van der Waals surface area contributed by atoms with Crippen LogP contribution < -0.4 is 4.74 Å². The molecule has 2 heterocycles. The van der Waals surface area contributed by atoms with E-state index in [4.69, 9.17) is 9.47 Å². The van der Waals surface area contributed by atoms with E-state index in [2.05, 4.69) is 20.9 Å². The molecule has 0 aromatic carbocycles. The fourth-order valence-corrected chi connectivity index (χ4v) is 1.89. The number of halogens is 2. The lowest BCUT2D eigenvalue weighted by molar-refractivity contribution is -0.137. The van der Waals surface area contributed by atoms with Crippen molar-refractivity contribution < 1.29 is 13.9 Å². The molecule has 1 aliphatic heterocycles. The highest BCUT2D eigenvalue weighted by Crippen LogP contribution is 2.35. The Kier molecular flexibility index (Phi) is 3.17. The lowest BCUT2D eigenvalue weighted by Gasteiger charge is -2.33. The molecule has 0 unspecified atom stereocenters. The fourth-order valence-electron chi connectivity index (χ4n) is 1.47. The maximum absolute atomic E-state index is 14.1. The molecule has 1 saturated heterocycles. The Morgan fingerprint density at radius 1 is 1.50 bits per heavy atom. The molecule has 1 aromatic heterocycles. The minimum Gasteiger partial charge on any atom is -0.491 e. The van der Waals surface area contributed by atoms with Crippen LogP contribution in [0.3, 0.4) is 0 Å². The molecule has 3 nitrogen and oxygen atoms in total. The van der Waals surface area contributed by atoms with Crippen LogP contribution >= 0.6 is 15.9 Å². The first-order chi connectivity index (χ1) is 7.49. The van der Waals surface area contributed by atoms with Crippen molar-refractivity contribution in [3.63, 3.8) is 0 Å². The monoisotopic (exact) mass is 289 g/mol. The van der Waals surface area contributed by atoms with Gasteiger partial charge in [0, 0.05) is 12.1 Å². The van der Waals surface area contributed by atoms with Crippen LogP contribution in [0.4, 0.5) is 4.39 Å². The molecule has 0 amide bonds. The number of aromatic nitrogens is 1. The van der Waals surface area contributed by atoms with Gasteiger partial charge in [-0.15, -0.1) is 0 Å². The van der Waals surface area contributed by atoms with Crippen LogP contribution in [0.5, 0.6) is 5.75 Å². The van der Waals surface area contributed by atoms with Crippen molar-refractivity contribution in [2.45, 2.75) is 25.6 Å². The van der Waals surface area contributed by atoms with E-state index < -0.39 is 5.67 Å². The van der Waals surface area contributed by atoms with Crippen molar-refractivity contribution >= 4 is 15.9 Å². The molecular formula is C11H13BrFNO2. The highest BCUT2D eigenvalue weighted by atomic mass is 79.9. The molecular weight excluding hydrogens is 277 g/mol. The van der Waals surface area contributed by atoms with Crippen molar-refractivity contribution in [2.24, 2.45) is 0 Å². The standard InChI is InChI=1S/C11H13BrFNO2/c1-7(2)16-8-3-9(14-10(12)4-8)11(13)5-15-6-11/h3-4,7H,5-6H2,1-2H3. The van der Waals surface area contributed by atoms with E-state index >= 15 is 0 Å². The van der Waals surface area contributed by atoms with E-state index in [1.807, 2.05) is 13.8 Å². The summed E-state index contributed by atoms with van der Waals surface area (Å²) in [6.07, 6.45) is 0.0513. The predicted molar refractivity (Wildman–Crippen MR) is 61.3 cm³/mol. The number of hydrogen-bond acceptors (Lipinski definition) is 3. The molecule has 16 heavy (non-hydrogen) atoms. The average Bonchev–Trinajstić information content (AvgIpc) is 2.12. The van der Waals surface area contributed by atoms with Crippen molar-refractivity contribution in [3.05, 3.63) is 22.4 Å². The van der Waals surface area contributed by atoms with Crippen LogP contribution in [0.2, 0.25) is 0 Å². The Hall–Kier alpha value is -0.680. The van der Waals surface area contributed by atoms with Crippen molar-refractivity contribution in [1.29, 1.82) is 0 Å². The van der Waals surface area contributed by atoms with E-state index in [0.717, 1.165) is 0 Å². The van der Waals surface area contributed by atoms with Gasteiger partial charge in [-0.25, -0.2) is 9.37 Å². The first-order valence-electron chi connectivity index (χ1n) is 5.11. The van der Waals surface area contributed by atoms with Gasteiger partial charge < -0.3 is 9.47 Å². The topological polar surface area (TPSA) is 31.4 Å². The number of rotatable bonds is 3. The molecule has 1 aromatic rings. The van der Waals surface area contributed by atoms with Gasteiger partial charge in [0.05, 0.1) is 25.0 Å². The Morgan fingerprint density at radius 2 is 2.19 bits per heavy atom. The maximum Gasteiger partial charge on any atom is 0.198 e. The summed E-state index contributed by atoms with van der Waals surface area (Å²) in [6.45, 7) is 3.98. The van der Waals surface area contributed by atoms with Gasteiger partial charge in [-0.3, -0.25) is 0 Å². The SMILES string of the molecule is CC(C)Oc1cc(Br)nc(C2(F)COC2)c1. The summed E-state index contributed by atoms with van der Waals surface area (Å²) in [6, 6.07) is 3.36. The Bertz CT molecular complexity index is 394. The summed E-state index contributed by atoms with van der Waals surface area (Å²) in [4.78, 5) is 4.12. The largest absolute Gasteiger partial charge is 0.491 e. The zero-order valence-electron chi connectivity index (χ0n) is 9.17. The summed E-state index contributed by atoms with van der Waals surface area (Å²) in [7, 11) is 0. The average molecular weight is 290 g/mol.